The molecular formula is C21H21BrN2O5S. The number of carbonyl (C=O) groups excluding carboxylic acids is 1. The van der Waals surface area contributed by atoms with Gasteiger partial charge in [-0.1, -0.05) is 34.1 Å². The fourth-order valence-corrected chi connectivity index (χ4v) is 3.59. The summed E-state index contributed by atoms with van der Waals surface area (Å²) in [6.45, 7) is 1.98. The van der Waals surface area contributed by atoms with Crippen molar-refractivity contribution in [3.05, 3.63) is 82.7 Å². The molecule has 30 heavy (non-hydrogen) atoms. The molecule has 0 aliphatic heterocycles. The lowest BCUT2D eigenvalue weighted by atomic mass is 10.2. The minimum Gasteiger partial charge on any atom is -0.467 e. The molecule has 1 heterocycles. The van der Waals surface area contributed by atoms with Crippen LogP contribution in [0, 0.1) is 0 Å². The second-order valence-corrected chi connectivity index (χ2v) is 9.23. The van der Waals surface area contributed by atoms with Gasteiger partial charge in [-0.3, -0.25) is 0 Å². The van der Waals surface area contributed by atoms with E-state index in [4.69, 9.17) is 8.60 Å². The van der Waals surface area contributed by atoms with Gasteiger partial charge in [-0.05, 0) is 55.0 Å². The summed E-state index contributed by atoms with van der Waals surface area (Å²) in [6, 6.07) is 17.2. The molecule has 1 N–H and O–H groups in total. The van der Waals surface area contributed by atoms with Gasteiger partial charge in [0.2, 0.25) is 0 Å². The van der Waals surface area contributed by atoms with Crippen LogP contribution in [0.5, 0.6) is 5.75 Å². The van der Waals surface area contributed by atoms with Crippen molar-refractivity contribution in [2.24, 2.45) is 0 Å². The van der Waals surface area contributed by atoms with Gasteiger partial charge in [0.1, 0.15) is 11.5 Å². The van der Waals surface area contributed by atoms with Crippen molar-refractivity contribution in [3.63, 3.8) is 0 Å². The first kappa shape index (κ1) is 21.9. The van der Waals surface area contributed by atoms with Crippen molar-refractivity contribution >= 4 is 37.8 Å². The van der Waals surface area contributed by atoms with Gasteiger partial charge in [0.05, 0.1) is 18.6 Å². The molecule has 9 heteroatoms. The fourth-order valence-electron chi connectivity index (χ4n) is 2.68. The topological polar surface area (TPSA) is 88.9 Å². The van der Waals surface area contributed by atoms with Crippen LogP contribution >= 0.6 is 15.9 Å². The van der Waals surface area contributed by atoms with Crippen LogP contribution < -0.4 is 9.50 Å². The number of halogens is 1. The van der Waals surface area contributed by atoms with Gasteiger partial charge >= 0.3 is 16.1 Å². The van der Waals surface area contributed by atoms with E-state index in [0.29, 0.717) is 11.4 Å². The molecule has 7 nitrogen and oxygen atoms in total. The van der Waals surface area contributed by atoms with Crippen molar-refractivity contribution in [2.75, 3.05) is 11.1 Å². The number of furan rings is 1. The number of anilines is 1. The highest BCUT2D eigenvalue weighted by Gasteiger charge is 2.17. The van der Waals surface area contributed by atoms with Gasteiger partial charge < -0.3 is 18.8 Å². The first-order valence-corrected chi connectivity index (χ1v) is 11.6. The van der Waals surface area contributed by atoms with E-state index in [1.54, 1.807) is 59.7 Å². The molecule has 3 rings (SSSR count). The first-order valence-electron chi connectivity index (χ1n) is 9.19. The Morgan fingerprint density at radius 1 is 1.10 bits per heavy atom. The monoisotopic (exact) mass is 492 g/mol. The number of nitrogens with zero attached hydrogens (tertiary/aromatic N) is 1. The van der Waals surface area contributed by atoms with Crippen LogP contribution in [0.15, 0.2) is 75.8 Å². The number of hydrogen-bond donors (Lipinski definition) is 1. The quantitative estimate of drug-likeness (QED) is 0.446. The second kappa shape index (κ2) is 9.82. The van der Waals surface area contributed by atoms with E-state index in [-0.39, 0.29) is 30.6 Å². The molecule has 0 aliphatic rings. The number of urea groups is 1. The minimum atomic E-state index is -3.63. The molecule has 2 amide bonds. The third-order valence-corrected chi connectivity index (χ3v) is 5.79. The Bertz CT molecular complexity index is 1100. The molecule has 158 valence electrons. The lowest BCUT2D eigenvalue weighted by Crippen LogP contribution is -2.34. The largest absolute Gasteiger partial charge is 0.467 e. The second-order valence-electron chi connectivity index (χ2n) is 6.45. The van der Waals surface area contributed by atoms with Crippen molar-refractivity contribution in [3.8, 4) is 5.75 Å². The minimum absolute atomic E-state index is 0.128. The highest BCUT2D eigenvalue weighted by atomic mass is 79.9. The third-order valence-electron chi connectivity index (χ3n) is 4.14. The highest BCUT2D eigenvalue weighted by molar-refractivity contribution is 9.10. The van der Waals surface area contributed by atoms with Crippen LogP contribution in [-0.4, -0.2) is 25.1 Å². The zero-order chi connectivity index (χ0) is 21.6. The summed E-state index contributed by atoms with van der Waals surface area (Å²) >= 11 is 3.39. The fraction of sp³-hybridized carbons (Fsp3) is 0.190. The average Bonchev–Trinajstić information content (AvgIpc) is 3.21. The summed E-state index contributed by atoms with van der Waals surface area (Å²) < 4.78 is 34.8. The molecule has 0 bridgehead atoms. The van der Waals surface area contributed by atoms with E-state index in [9.17, 15) is 13.2 Å². The molecule has 0 unspecified atom stereocenters. The normalized spacial score (nSPS) is 11.1. The van der Waals surface area contributed by atoms with E-state index in [1.165, 1.54) is 6.92 Å². The summed E-state index contributed by atoms with van der Waals surface area (Å²) in [4.78, 5) is 14.5. The van der Waals surface area contributed by atoms with Crippen molar-refractivity contribution in [1.29, 1.82) is 0 Å². The predicted octanol–water partition coefficient (Wildman–Crippen LogP) is 5.00. The molecule has 2 aromatic carbocycles. The number of rotatable bonds is 8. The highest BCUT2D eigenvalue weighted by Crippen LogP contribution is 2.20. The standard InChI is InChI=1S/C21H21BrN2O5S/c1-2-30(26,27)29-19-9-3-6-16(12-19)14-24(15-20-10-5-11-28-20)21(25)23-18-8-4-7-17(22)13-18/h3-13H,2,14-15H2,1H3,(H,23,25). The zero-order valence-corrected chi connectivity index (χ0v) is 18.6. The van der Waals surface area contributed by atoms with Crippen LogP contribution in [-0.2, 0) is 23.2 Å². The lowest BCUT2D eigenvalue weighted by Gasteiger charge is -2.22. The van der Waals surface area contributed by atoms with Gasteiger partial charge in [0.25, 0.3) is 0 Å². The van der Waals surface area contributed by atoms with E-state index in [2.05, 4.69) is 21.2 Å². The van der Waals surface area contributed by atoms with E-state index < -0.39 is 10.1 Å². The number of hydrogen-bond acceptors (Lipinski definition) is 5. The zero-order valence-electron chi connectivity index (χ0n) is 16.2. The van der Waals surface area contributed by atoms with Gasteiger partial charge in [-0.2, -0.15) is 8.42 Å². The molecule has 0 saturated carbocycles. The van der Waals surface area contributed by atoms with Crippen LogP contribution in [0.2, 0.25) is 0 Å². The molecule has 0 fully saturated rings. The Morgan fingerprint density at radius 2 is 1.90 bits per heavy atom. The Kier molecular flexibility index (Phi) is 7.17. The number of amides is 2. The van der Waals surface area contributed by atoms with Crippen molar-refractivity contribution in [2.45, 2.75) is 20.0 Å². The summed E-state index contributed by atoms with van der Waals surface area (Å²) in [6.07, 6.45) is 1.55. The lowest BCUT2D eigenvalue weighted by molar-refractivity contribution is 0.201. The molecule has 0 radical (unpaired) electrons. The summed E-state index contributed by atoms with van der Waals surface area (Å²) in [5.74, 6) is 0.705. The predicted molar refractivity (Wildman–Crippen MR) is 118 cm³/mol. The molecule has 3 aromatic rings. The van der Waals surface area contributed by atoms with Crippen molar-refractivity contribution in [1.82, 2.24) is 4.90 Å². The Morgan fingerprint density at radius 3 is 2.60 bits per heavy atom. The van der Waals surface area contributed by atoms with E-state index in [0.717, 1.165) is 10.0 Å². The summed E-state index contributed by atoms with van der Waals surface area (Å²) in [5, 5.41) is 2.87. The van der Waals surface area contributed by atoms with Crippen LogP contribution in [0.3, 0.4) is 0 Å². The SMILES string of the molecule is CCS(=O)(=O)Oc1cccc(CN(Cc2ccco2)C(=O)Nc2cccc(Br)c2)c1. The number of carbonyl (C=O) groups is 1. The van der Waals surface area contributed by atoms with Crippen molar-refractivity contribution < 1.29 is 21.8 Å². The maximum atomic E-state index is 12.9. The Balaban J connectivity index is 1.79. The Hall–Kier alpha value is -2.78. The summed E-state index contributed by atoms with van der Waals surface area (Å²) in [5.41, 5.74) is 1.36. The smallest absolute Gasteiger partial charge is 0.322 e. The summed E-state index contributed by atoms with van der Waals surface area (Å²) in [7, 11) is -3.63. The number of nitrogens with one attached hydrogen (secondary N) is 1. The molecule has 0 aliphatic carbocycles. The van der Waals surface area contributed by atoms with Gasteiger partial charge in [-0.15, -0.1) is 0 Å². The van der Waals surface area contributed by atoms with Gasteiger partial charge in [-0.25, -0.2) is 4.79 Å². The molecule has 0 atom stereocenters. The maximum Gasteiger partial charge on any atom is 0.322 e. The van der Waals surface area contributed by atoms with Crippen LogP contribution in [0.1, 0.15) is 18.2 Å². The molecule has 0 spiro atoms. The van der Waals surface area contributed by atoms with Crippen LogP contribution in [0.4, 0.5) is 10.5 Å². The van der Waals surface area contributed by atoms with E-state index >= 15 is 0 Å². The third kappa shape index (κ3) is 6.36. The molecule has 1 aromatic heterocycles. The number of benzene rings is 2. The average molecular weight is 493 g/mol. The maximum absolute atomic E-state index is 12.9. The van der Waals surface area contributed by atoms with Gasteiger partial charge in [0, 0.05) is 16.7 Å². The molecule has 0 saturated heterocycles. The first-order chi connectivity index (χ1) is 14.3. The Labute approximate surface area is 183 Å². The van der Waals surface area contributed by atoms with Crippen LogP contribution in [0.25, 0.3) is 0 Å². The molecular weight excluding hydrogens is 472 g/mol. The van der Waals surface area contributed by atoms with E-state index in [1.807, 2.05) is 12.1 Å². The van der Waals surface area contributed by atoms with Gasteiger partial charge in [0.15, 0.2) is 0 Å².